The Labute approximate surface area is 161 Å². The summed E-state index contributed by atoms with van der Waals surface area (Å²) in [5.74, 6) is 2.63. The summed E-state index contributed by atoms with van der Waals surface area (Å²) in [5.41, 5.74) is 1.10. The van der Waals surface area contributed by atoms with Crippen molar-refractivity contribution in [1.82, 2.24) is 9.97 Å². The van der Waals surface area contributed by atoms with Crippen molar-refractivity contribution in [2.24, 2.45) is 5.92 Å². The van der Waals surface area contributed by atoms with Crippen LogP contribution in [-0.4, -0.2) is 35.1 Å². The van der Waals surface area contributed by atoms with Gasteiger partial charge in [-0.25, -0.2) is 9.97 Å². The van der Waals surface area contributed by atoms with Crippen molar-refractivity contribution >= 4 is 17.4 Å². The van der Waals surface area contributed by atoms with Gasteiger partial charge in [-0.3, -0.25) is 4.79 Å². The second-order valence-corrected chi connectivity index (χ2v) is 7.50. The van der Waals surface area contributed by atoms with Crippen molar-refractivity contribution < 1.29 is 9.53 Å². The van der Waals surface area contributed by atoms with E-state index in [1.165, 1.54) is 6.42 Å². The summed E-state index contributed by atoms with van der Waals surface area (Å²) in [4.78, 5) is 23.8. The maximum absolute atomic E-state index is 12.7. The van der Waals surface area contributed by atoms with Gasteiger partial charge in [-0.05, 0) is 63.8 Å². The quantitative estimate of drug-likeness (QED) is 0.862. The van der Waals surface area contributed by atoms with Crippen LogP contribution in [0.3, 0.4) is 0 Å². The number of nitrogens with one attached hydrogen (secondary N) is 1. The third-order valence-electron chi connectivity index (χ3n) is 4.52. The normalized spacial score (nSPS) is 17.1. The van der Waals surface area contributed by atoms with Crippen molar-refractivity contribution in [3.8, 4) is 5.75 Å². The van der Waals surface area contributed by atoms with Gasteiger partial charge in [0.1, 0.15) is 23.1 Å². The largest absolute Gasteiger partial charge is 0.491 e. The van der Waals surface area contributed by atoms with E-state index in [0.29, 0.717) is 23.1 Å². The molecule has 1 fully saturated rings. The highest BCUT2D eigenvalue weighted by atomic mass is 16.5. The number of carbonyl (C=O) groups is 1. The molecule has 6 heteroatoms. The maximum Gasteiger partial charge on any atom is 0.274 e. The SMILES string of the molecule is Cc1nc(C(=O)Nc2ccc(OC(C)C)cc2)cc(N2CCCC(C)C2)n1. The lowest BCUT2D eigenvalue weighted by atomic mass is 10.0. The number of anilines is 2. The summed E-state index contributed by atoms with van der Waals surface area (Å²) >= 11 is 0. The molecule has 27 heavy (non-hydrogen) atoms. The van der Waals surface area contributed by atoms with Gasteiger partial charge in [0, 0.05) is 24.8 Å². The number of benzene rings is 1. The zero-order chi connectivity index (χ0) is 19.4. The molecule has 1 unspecified atom stereocenters. The minimum absolute atomic E-state index is 0.116. The van der Waals surface area contributed by atoms with E-state index in [-0.39, 0.29) is 12.0 Å². The number of carbonyl (C=O) groups excluding carboxylic acids is 1. The molecular formula is C21H28N4O2. The van der Waals surface area contributed by atoms with Gasteiger partial charge in [-0.15, -0.1) is 0 Å². The molecule has 1 N–H and O–H groups in total. The molecule has 2 aromatic rings. The van der Waals surface area contributed by atoms with E-state index >= 15 is 0 Å². The van der Waals surface area contributed by atoms with Crippen molar-refractivity contribution in [2.45, 2.75) is 46.6 Å². The summed E-state index contributed by atoms with van der Waals surface area (Å²) < 4.78 is 5.63. The van der Waals surface area contributed by atoms with Gasteiger partial charge >= 0.3 is 0 Å². The highest BCUT2D eigenvalue weighted by Gasteiger charge is 2.20. The molecule has 1 amide bonds. The predicted molar refractivity (Wildman–Crippen MR) is 108 cm³/mol. The number of aromatic nitrogens is 2. The fourth-order valence-corrected chi connectivity index (χ4v) is 3.31. The molecule has 3 rings (SSSR count). The zero-order valence-corrected chi connectivity index (χ0v) is 16.5. The van der Waals surface area contributed by atoms with E-state index in [9.17, 15) is 4.79 Å². The van der Waals surface area contributed by atoms with E-state index in [1.54, 1.807) is 6.07 Å². The smallest absolute Gasteiger partial charge is 0.274 e. The van der Waals surface area contributed by atoms with Gasteiger partial charge < -0.3 is 15.0 Å². The maximum atomic E-state index is 12.7. The fourth-order valence-electron chi connectivity index (χ4n) is 3.31. The molecule has 0 bridgehead atoms. The van der Waals surface area contributed by atoms with Gasteiger partial charge in [0.15, 0.2) is 0 Å². The Morgan fingerprint density at radius 1 is 1.26 bits per heavy atom. The van der Waals surface area contributed by atoms with Crippen LogP contribution in [0.1, 0.15) is 49.9 Å². The summed E-state index contributed by atoms with van der Waals surface area (Å²) in [7, 11) is 0. The zero-order valence-electron chi connectivity index (χ0n) is 16.5. The molecule has 144 valence electrons. The predicted octanol–water partition coefficient (Wildman–Crippen LogP) is 4.06. The average molecular weight is 368 g/mol. The molecule has 1 saturated heterocycles. The highest BCUT2D eigenvalue weighted by molar-refractivity contribution is 6.03. The van der Waals surface area contributed by atoms with Crippen molar-refractivity contribution in [3.63, 3.8) is 0 Å². The Hall–Kier alpha value is -2.63. The van der Waals surface area contributed by atoms with Gasteiger partial charge in [-0.2, -0.15) is 0 Å². The lowest BCUT2D eigenvalue weighted by Crippen LogP contribution is -2.35. The minimum Gasteiger partial charge on any atom is -0.491 e. The van der Waals surface area contributed by atoms with Crippen LogP contribution in [0.4, 0.5) is 11.5 Å². The van der Waals surface area contributed by atoms with Crippen LogP contribution in [0.25, 0.3) is 0 Å². The molecule has 2 heterocycles. The average Bonchev–Trinajstić information content (AvgIpc) is 2.62. The first-order valence-corrected chi connectivity index (χ1v) is 9.59. The Kier molecular flexibility index (Phi) is 5.94. The first kappa shape index (κ1) is 19.1. The Bertz CT molecular complexity index is 789. The van der Waals surface area contributed by atoms with E-state index in [0.717, 1.165) is 31.1 Å². The summed E-state index contributed by atoms with van der Waals surface area (Å²) in [6.45, 7) is 9.97. The van der Waals surface area contributed by atoms with Crippen LogP contribution < -0.4 is 15.0 Å². The molecule has 1 aliphatic heterocycles. The van der Waals surface area contributed by atoms with E-state index < -0.39 is 0 Å². The molecule has 1 aliphatic rings. The third-order valence-corrected chi connectivity index (χ3v) is 4.52. The number of hydrogen-bond donors (Lipinski definition) is 1. The number of amides is 1. The summed E-state index contributed by atoms with van der Waals surface area (Å²) in [5, 5.41) is 2.90. The Morgan fingerprint density at radius 2 is 2.00 bits per heavy atom. The number of nitrogens with zero attached hydrogens (tertiary/aromatic N) is 3. The van der Waals surface area contributed by atoms with Crippen LogP contribution in [-0.2, 0) is 0 Å². The molecule has 1 atom stereocenters. The highest BCUT2D eigenvalue weighted by Crippen LogP contribution is 2.22. The molecule has 0 aliphatic carbocycles. The first-order valence-electron chi connectivity index (χ1n) is 9.59. The molecule has 0 saturated carbocycles. The van der Waals surface area contributed by atoms with Crippen LogP contribution >= 0.6 is 0 Å². The Morgan fingerprint density at radius 3 is 2.67 bits per heavy atom. The monoisotopic (exact) mass is 368 g/mol. The van der Waals surface area contributed by atoms with E-state index in [2.05, 4.69) is 27.1 Å². The third kappa shape index (κ3) is 5.18. The van der Waals surface area contributed by atoms with Gasteiger partial charge in [0.05, 0.1) is 6.10 Å². The van der Waals surface area contributed by atoms with Crippen molar-refractivity contribution in [2.75, 3.05) is 23.3 Å². The van der Waals surface area contributed by atoms with Gasteiger partial charge in [0.2, 0.25) is 0 Å². The first-order chi connectivity index (χ1) is 12.9. The molecular weight excluding hydrogens is 340 g/mol. The number of ether oxygens (including phenoxy) is 1. The van der Waals surface area contributed by atoms with Crippen LogP contribution in [0, 0.1) is 12.8 Å². The van der Waals surface area contributed by atoms with Gasteiger partial charge in [0.25, 0.3) is 5.91 Å². The minimum atomic E-state index is -0.232. The molecule has 0 spiro atoms. The van der Waals surface area contributed by atoms with Crippen LogP contribution in [0.2, 0.25) is 0 Å². The fraction of sp³-hybridized carbons (Fsp3) is 0.476. The van der Waals surface area contributed by atoms with Crippen molar-refractivity contribution in [3.05, 3.63) is 41.9 Å². The van der Waals surface area contributed by atoms with Gasteiger partial charge in [-0.1, -0.05) is 6.92 Å². The standard InChI is InChI=1S/C21H28N4O2/c1-14(2)27-18-9-7-17(8-10-18)24-21(26)19-12-20(23-16(4)22-19)25-11-5-6-15(3)13-25/h7-10,12,14-15H,5-6,11,13H2,1-4H3,(H,24,26). The number of hydrogen-bond acceptors (Lipinski definition) is 5. The lowest BCUT2D eigenvalue weighted by molar-refractivity contribution is 0.102. The topological polar surface area (TPSA) is 67.3 Å². The second-order valence-electron chi connectivity index (χ2n) is 7.50. The van der Waals surface area contributed by atoms with E-state index in [1.807, 2.05) is 45.0 Å². The molecule has 6 nitrogen and oxygen atoms in total. The summed E-state index contributed by atoms with van der Waals surface area (Å²) in [6, 6.07) is 9.15. The lowest BCUT2D eigenvalue weighted by Gasteiger charge is -2.32. The molecule has 1 aromatic carbocycles. The number of aryl methyl sites for hydroxylation is 1. The number of rotatable bonds is 5. The van der Waals surface area contributed by atoms with Crippen LogP contribution in [0.15, 0.2) is 30.3 Å². The molecule has 0 radical (unpaired) electrons. The number of piperidine rings is 1. The van der Waals surface area contributed by atoms with Crippen LogP contribution in [0.5, 0.6) is 5.75 Å². The van der Waals surface area contributed by atoms with Crippen molar-refractivity contribution in [1.29, 1.82) is 0 Å². The Balaban J connectivity index is 1.72. The van der Waals surface area contributed by atoms with E-state index in [4.69, 9.17) is 4.74 Å². The summed E-state index contributed by atoms with van der Waals surface area (Å²) in [6.07, 6.45) is 2.51. The molecule has 1 aromatic heterocycles. The second kappa shape index (κ2) is 8.37.